The van der Waals surface area contributed by atoms with Gasteiger partial charge in [0.25, 0.3) is 0 Å². The minimum atomic E-state index is 0.904. The lowest BCUT2D eigenvalue weighted by Gasteiger charge is -2.15. The van der Waals surface area contributed by atoms with Crippen molar-refractivity contribution in [3.63, 3.8) is 0 Å². The van der Waals surface area contributed by atoms with E-state index in [9.17, 15) is 0 Å². The molecule has 0 radical (unpaired) electrons. The van der Waals surface area contributed by atoms with Gasteiger partial charge in [0, 0.05) is 17.4 Å². The lowest BCUT2D eigenvalue weighted by atomic mass is 9.98. The van der Waals surface area contributed by atoms with Crippen molar-refractivity contribution < 1.29 is 0 Å². The van der Waals surface area contributed by atoms with Gasteiger partial charge in [-0.25, -0.2) is 9.97 Å². The molecule has 0 saturated carbocycles. The molecule has 0 amide bonds. The molecule has 4 heteroatoms. The van der Waals surface area contributed by atoms with Crippen molar-refractivity contribution in [2.45, 2.75) is 0 Å². The van der Waals surface area contributed by atoms with E-state index in [2.05, 4.69) is 130 Å². The summed E-state index contributed by atoms with van der Waals surface area (Å²) in [6.07, 6.45) is 2.07. The van der Waals surface area contributed by atoms with Crippen LogP contribution in [0.5, 0.6) is 0 Å². The molecule has 8 rings (SSSR count). The van der Waals surface area contributed by atoms with Gasteiger partial charge in [-0.2, -0.15) is 0 Å². The van der Waals surface area contributed by atoms with E-state index in [1.165, 1.54) is 11.1 Å². The van der Waals surface area contributed by atoms with Crippen molar-refractivity contribution in [3.8, 4) is 39.3 Å². The fourth-order valence-electron chi connectivity index (χ4n) is 5.61. The smallest absolute Gasteiger partial charge is 0.145 e. The van der Waals surface area contributed by atoms with Gasteiger partial charge in [0.1, 0.15) is 11.5 Å². The van der Waals surface area contributed by atoms with Gasteiger partial charge in [0.15, 0.2) is 0 Å². The third kappa shape index (κ3) is 3.69. The van der Waals surface area contributed by atoms with Crippen LogP contribution < -0.4 is 0 Å². The number of pyridine rings is 1. The maximum absolute atomic E-state index is 5.20. The van der Waals surface area contributed by atoms with Crippen LogP contribution in [-0.4, -0.2) is 18.9 Å². The van der Waals surface area contributed by atoms with Crippen LogP contribution in [0.1, 0.15) is 0 Å². The summed E-state index contributed by atoms with van der Waals surface area (Å²) in [5, 5.41) is 0. The third-order valence-electron chi connectivity index (χ3n) is 7.51. The number of nitrogens with zero attached hydrogens (tertiary/aromatic N) is 4. The normalized spacial score (nSPS) is 11.5. The number of fused-ring (bicyclic) bond motifs is 4. The zero-order valence-corrected chi connectivity index (χ0v) is 21.6. The first kappa shape index (κ1) is 22.5. The number of hydrogen-bond donors (Lipinski definition) is 0. The highest BCUT2D eigenvalue weighted by Crippen LogP contribution is 2.36. The van der Waals surface area contributed by atoms with E-state index in [0.29, 0.717) is 0 Å². The van der Waals surface area contributed by atoms with Gasteiger partial charge in [-0.3, -0.25) is 8.97 Å². The highest BCUT2D eigenvalue weighted by atomic mass is 15.1. The molecule has 0 spiro atoms. The number of aromatic nitrogens is 4. The first-order valence-electron chi connectivity index (χ1n) is 13.4. The molecule has 0 saturated heterocycles. The molecule has 0 aliphatic heterocycles. The van der Waals surface area contributed by atoms with E-state index < -0.39 is 0 Å². The Morgan fingerprint density at radius 2 is 1.00 bits per heavy atom. The summed E-state index contributed by atoms with van der Waals surface area (Å²) in [5.74, 6) is 0.904. The maximum atomic E-state index is 5.20. The molecule has 0 aliphatic carbocycles. The molecular weight excluding hydrogens is 488 g/mol. The van der Waals surface area contributed by atoms with Crippen LogP contribution >= 0.6 is 0 Å². The molecular formula is C36H24N4. The van der Waals surface area contributed by atoms with Crippen LogP contribution in [0.3, 0.4) is 0 Å². The molecule has 0 bridgehead atoms. The first-order chi connectivity index (χ1) is 19.8. The van der Waals surface area contributed by atoms with E-state index >= 15 is 0 Å². The lowest BCUT2D eigenvalue weighted by molar-refractivity contribution is 1.10. The Labute approximate surface area is 231 Å². The molecule has 8 aromatic rings. The van der Waals surface area contributed by atoms with E-state index in [-0.39, 0.29) is 0 Å². The molecule has 0 aliphatic rings. The van der Waals surface area contributed by atoms with Gasteiger partial charge in [0.2, 0.25) is 0 Å². The standard InChI is InChI=1S/C36H24N4/c1-4-12-25(13-5-1)28-20-29(26-14-6-2-7-15-26)22-30(21-28)40-34-24-33-31(37-35-18-10-11-19-39(33)35)23-32(34)38-36(40)27-16-8-3-9-17-27/h1-24H. The molecule has 40 heavy (non-hydrogen) atoms. The summed E-state index contributed by atoms with van der Waals surface area (Å²) in [7, 11) is 0. The Bertz CT molecular complexity index is 2080. The molecule has 3 heterocycles. The largest absolute Gasteiger partial charge is 0.300 e. The Balaban J connectivity index is 1.47. The molecule has 0 atom stereocenters. The maximum Gasteiger partial charge on any atom is 0.145 e. The fourth-order valence-corrected chi connectivity index (χ4v) is 5.61. The van der Waals surface area contributed by atoms with Crippen LogP contribution in [0.15, 0.2) is 146 Å². The molecule has 0 N–H and O–H groups in total. The van der Waals surface area contributed by atoms with Crippen molar-refractivity contribution in [1.82, 2.24) is 18.9 Å². The molecule has 5 aromatic carbocycles. The second-order valence-corrected chi connectivity index (χ2v) is 10.0. The second-order valence-electron chi connectivity index (χ2n) is 10.0. The minimum Gasteiger partial charge on any atom is -0.300 e. The predicted molar refractivity (Wildman–Crippen MR) is 164 cm³/mol. The van der Waals surface area contributed by atoms with Gasteiger partial charge in [0.05, 0.1) is 22.1 Å². The molecule has 4 nitrogen and oxygen atoms in total. The van der Waals surface area contributed by atoms with Gasteiger partial charge in [-0.1, -0.05) is 97.1 Å². The van der Waals surface area contributed by atoms with Crippen molar-refractivity contribution in [3.05, 3.63) is 146 Å². The first-order valence-corrected chi connectivity index (χ1v) is 13.4. The predicted octanol–water partition coefficient (Wildman–Crippen LogP) is 8.83. The Hall–Kier alpha value is -5.48. The number of rotatable bonds is 4. The molecule has 3 aromatic heterocycles. The average Bonchev–Trinajstić information content (AvgIpc) is 3.58. The number of imidazole rings is 2. The Morgan fingerprint density at radius 1 is 0.425 bits per heavy atom. The monoisotopic (exact) mass is 512 g/mol. The fraction of sp³-hybridized carbons (Fsp3) is 0. The van der Waals surface area contributed by atoms with Crippen molar-refractivity contribution in [2.75, 3.05) is 0 Å². The van der Waals surface area contributed by atoms with Gasteiger partial charge in [-0.15, -0.1) is 0 Å². The zero-order valence-electron chi connectivity index (χ0n) is 21.6. The number of hydrogen-bond acceptors (Lipinski definition) is 2. The van der Waals surface area contributed by atoms with Crippen molar-refractivity contribution in [2.24, 2.45) is 0 Å². The van der Waals surface area contributed by atoms with Gasteiger partial charge >= 0.3 is 0 Å². The van der Waals surface area contributed by atoms with E-state index in [0.717, 1.165) is 55.9 Å². The van der Waals surface area contributed by atoms with Crippen molar-refractivity contribution >= 4 is 27.7 Å². The highest BCUT2D eigenvalue weighted by Gasteiger charge is 2.18. The minimum absolute atomic E-state index is 0.904. The molecule has 0 fully saturated rings. The highest BCUT2D eigenvalue weighted by molar-refractivity contribution is 5.96. The summed E-state index contributed by atoms with van der Waals surface area (Å²) >= 11 is 0. The van der Waals surface area contributed by atoms with Crippen molar-refractivity contribution in [1.29, 1.82) is 0 Å². The topological polar surface area (TPSA) is 35.1 Å². The van der Waals surface area contributed by atoms with E-state index in [1.54, 1.807) is 0 Å². The molecule has 188 valence electrons. The van der Waals surface area contributed by atoms with Gasteiger partial charge in [-0.05, 0) is 64.7 Å². The summed E-state index contributed by atoms with van der Waals surface area (Å²) < 4.78 is 4.44. The van der Waals surface area contributed by atoms with E-state index in [1.807, 2.05) is 24.3 Å². The SMILES string of the molecule is c1ccc(-c2cc(-c3ccccc3)cc(-n3c(-c4ccccc4)nc4cc5nc6ccccn6c5cc43)c2)cc1. The summed E-state index contributed by atoms with van der Waals surface area (Å²) in [6.45, 7) is 0. The Kier molecular flexibility index (Phi) is 5.10. The quantitative estimate of drug-likeness (QED) is 0.236. The van der Waals surface area contributed by atoms with Crippen LogP contribution in [0.25, 0.3) is 67.0 Å². The van der Waals surface area contributed by atoms with Gasteiger partial charge < -0.3 is 0 Å². The Morgan fingerprint density at radius 3 is 1.65 bits per heavy atom. The van der Waals surface area contributed by atoms with Crippen LogP contribution in [0.4, 0.5) is 0 Å². The van der Waals surface area contributed by atoms with E-state index in [4.69, 9.17) is 9.97 Å². The van der Waals surface area contributed by atoms with Crippen LogP contribution in [0.2, 0.25) is 0 Å². The van der Waals surface area contributed by atoms with Crippen LogP contribution in [-0.2, 0) is 0 Å². The summed E-state index contributed by atoms with van der Waals surface area (Å²) in [6, 6.07) is 48.8. The van der Waals surface area contributed by atoms with Crippen LogP contribution in [0, 0.1) is 0 Å². The zero-order chi connectivity index (χ0) is 26.5. The lowest BCUT2D eigenvalue weighted by Crippen LogP contribution is -1.99. The third-order valence-corrected chi connectivity index (χ3v) is 7.51. The number of benzene rings is 5. The summed E-state index contributed by atoms with van der Waals surface area (Å²) in [5.41, 5.74) is 11.7. The second kappa shape index (κ2) is 9.07. The molecule has 0 unspecified atom stereocenters. The average molecular weight is 513 g/mol. The summed E-state index contributed by atoms with van der Waals surface area (Å²) in [4.78, 5) is 10.1.